The van der Waals surface area contributed by atoms with Crippen LogP contribution in [0.2, 0.25) is 0 Å². The summed E-state index contributed by atoms with van der Waals surface area (Å²) in [5.74, 6) is 6.72. The molecule has 0 radical (unpaired) electrons. The van der Waals surface area contributed by atoms with Gasteiger partial charge in [0.1, 0.15) is 5.60 Å². The van der Waals surface area contributed by atoms with Crippen molar-refractivity contribution in [2.75, 3.05) is 13.1 Å². The highest BCUT2D eigenvalue weighted by Gasteiger charge is 2.26. The number of rotatable bonds is 0. The van der Waals surface area contributed by atoms with Gasteiger partial charge in [0.2, 0.25) is 0 Å². The smallest absolute Gasteiger partial charge is 0.410 e. The molecule has 0 N–H and O–H groups in total. The van der Waals surface area contributed by atoms with E-state index in [1.165, 1.54) is 0 Å². The van der Waals surface area contributed by atoms with Crippen molar-refractivity contribution in [3.05, 3.63) is 22.4 Å². The lowest BCUT2D eigenvalue weighted by Crippen LogP contribution is -2.42. The van der Waals surface area contributed by atoms with E-state index >= 15 is 0 Å². The summed E-state index contributed by atoms with van der Waals surface area (Å²) < 4.78 is 5.42. The zero-order valence-corrected chi connectivity index (χ0v) is 13.1. The molecule has 4 heteroatoms. The predicted molar refractivity (Wildman–Crippen MR) is 81.7 cm³/mol. The lowest BCUT2D eigenvalue weighted by atomic mass is 9.99. The average molecular weight is 291 g/mol. The van der Waals surface area contributed by atoms with Crippen molar-refractivity contribution in [1.29, 1.82) is 0 Å². The molecule has 1 atom stereocenters. The highest BCUT2D eigenvalue weighted by atomic mass is 32.1. The number of nitrogens with zero attached hydrogens (tertiary/aromatic N) is 1. The van der Waals surface area contributed by atoms with Gasteiger partial charge in [0.25, 0.3) is 0 Å². The summed E-state index contributed by atoms with van der Waals surface area (Å²) in [4.78, 5) is 14.9. The Hall–Kier alpha value is -1.47. The standard InChI is InChI=1S/C16H21NO2S/c1-16(2,3)19-15(18)17-10-4-6-13(12-17)8-9-14-7-5-11-20-14/h5,7,11,13H,4,6,10,12H2,1-3H3. The Balaban J connectivity index is 1.93. The van der Waals surface area contributed by atoms with Crippen LogP contribution in [-0.2, 0) is 4.74 Å². The lowest BCUT2D eigenvalue weighted by molar-refractivity contribution is 0.0190. The van der Waals surface area contributed by atoms with Gasteiger partial charge in [0.15, 0.2) is 0 Å². The fraction of sp³-hybridized carbons (Fsp3) is 0.562. The van der Waals surface area contributed by atoms with Crippen LogP contribution in [0.5, 0.6) is 0 Å². The molecule has 1 aromatic rings. The van der Waals surface area contributed by atoms with Gasteiger partial charge in [-0.1, -0.05) is 17.9 Å². The number of thiophene rings is 1. The first kappa shape index (κ1) is 14.9. The van der Waals surface area contributed by atoms with Crippen molar-refractivity contribution in [3.63, 3.8) is 0 Å². The predicted octanol–water partition coefficient (Wildman–Crippen LogP) is 3.75. The summed E-state index contributed by atoms with van der Waals surface area (Å²) in [6.45, 7) is 7.12. The number of likely N-dealkylation sites (tertiary alicyclic amines) is 1. The first-order valence-corrected chi connectivity index (χ1v) is 7.85. The number of piperidine rings is 1. The Bertz CT molecular complexity index is 505. The maximum atomic E-state index is 12.0. The summed E-state index contributed by atoms with van der Waals surface area (Å²) in [6, 6.07) is 4.02. The van der Waals surface area contributed by atoms with Gasteiger partial charge in [-0.05, 0) is 45.1 Å². The molecule has 1 fully saturated rings. The maximum Gasteiger partial charge on any atom is 0.410 e. The van der Waals surface area contributed by atoms with E-state index in [9.17, 15) is 4.79 Å². The van der Waals surface area contributed by atoms with Gasteiger partial charge in [-0.3, -0.25) is 0 Å². The van der Waals surface area contributed by atoms with E-state index in [1.54, 1.807) is 16.2 Å². The van der Waals surface area contributed by atoms with E-state index in [0.29, 0.717) is 6.54 Å². The molecule has 108 valence electrons. The largest absolute Gasteiger partial charge is 0.444 e. The Morgan fingerprint density at radius 1 is 1.50 bits per heavy atom. The minimum Gasteiger partial charge on any atom is -0.444 e. The van der Waals surface area contributed by atoms with E-state index in [0.717, 1.165) is 24.3 Å². The van der Waals surface area contributed by atoms with Gasteiger partial charge in [-0.25, -0.2) is 4.79 Å². The third kappa shape index (κ3) is 4.57. The second-order valence-electron chi connectivity index (χ2n) is 6.01. The Kier molecular flexibility index (Phi) is 4.72. The van der Waals surface area contributed by atoms with Crippen molar-refractivity contribution in [1.82, 2.24) is 4.90 Å². The highest BCUT2D eigenvalue weighted by Crippen LogP contribution is 2.19. The van der Waals surface area contributed by atoms with E-state index in [4.69, 9.17) is 4.74 Å². The number of amides is 1. The van der Waals surface area contributed by atoms with Crippen LogP contribution in [0.3, 0.4) is 0 Å². The minimum absolute atomic E-state index is 0.222. The molecule has 0 aromatic carbocycles. The molecule has 0 aliphatic carbocycles. The third-order valence-corrected chi connectivity index (χ3v) is 3.78. The van der Waals surface area contributed by atoms with Crippen LogP contribution in [0.4, 0.5) is 4.79 Å². The normalized spacial score (nSPS) is 19.1. The fourth-order valence-electron chi connectivity index (χ4n) is 2.11. The molecular weight excluding hydrogens is 270 g/mol. The van der Waals surface area contributed by atoms with E-state index < -0.39 is 5.60 Å². The molecule has 0 bridgehead atoms. The van der Waals surface area contributed by atoms with Gasteiger partial charge in [-0.15, -0.1) is 11.3 Å². The van der Waals surface area contributed by atoms with Crippen molar-refractivity contribution in [2.24, 2.45) is 5.92 Å². The molecular formula is C16H21NO2S. The molecule has 3 nitrogen and oxygen atoms in total. The van der Waals surface area contributed by atoms with Crippen LogP contribution in [0, 0.1) is 17.8 Å². The van der Waals surface area contributed by atoms with E-state index in [1.807, 2.05) is 38.3 Å². The van der Waals surface area contributed by atoms with Crippen molar-refractivity contribution < 1.29 is 9.53 Å². The fourth-order valence-corrected chi connectivity index (χ4v) is 2.69. The quantitative estimate of drug-likeness (QED) is 0.681. The Morgan fingerprint density at radius 3 is 2.95 bits per heavy atom. The summed E-state index contributed by atoms with van der Waals surface area (Å²) in [6.07, 6.45) is 1.82. The summed E-state index contributed by atoms with van der Waals surface area (Å²) in [5, 5.41) is 2.03. The summed E-state index contributed by atoms with van der Waals surface area (Å²) in [7, 11) is 0. The van der Waals surface area contributed by atoms with Gasteiger partial charge in [0, 0.05) is 19.0 Å². The van der Waals surface area contributed by atoms with Crippen molar-refractivity contribution in [2.45, 2.75) is 39.2 Å². The van der Waals surface area contributed by atoms with Gasteiger partial charge >= 0.3 is 6.09 Å². The van der Waals surface area contributed by atoms with E-state index in [2.05, 4.69) is 11.8 Å². The highest BCUT2D eigenvalue weighted by molar-refractivity contribution is 7.10. The number of hydrogen-bond donors (Lipinski definition) is 0. The van der Waals surface area contributed by atoms with Crippen LogP contribution < -0.4 is 0 Å². The average Bonchev–Trinajstić information content (AvgIpc) is 2.88. The molecule has 20 heavy (non-hydrogen) atoms. The molecule has 1 aromatic heterocycles. The lowest BCUT2D eigenvalue weighted by Gasteiger charge is -2.32. The first-order valence-electron chi connectivity index (χ1n) is 6.97. The number of carbonyl (C=O) groups excluding carboxylic acids is 1. The first-order chi connectivity index (χ1) is 9.44. The molecule has 1 unspecified atom stereocenters. The van der Waals surface area contributed by atoms with E-state index in [-0.39, 0.29) is 12.0 Å². The van der Waals surface area contributed by atoms with Crippen LogP contribution >= 0.6 is 11.3 Å². The van der Waals surface area contributed by atoms with Gasteiger partial charge in [0.05, 0.1) is 4.88 Å². The zero-order chi connectivity index (χ0) is 14.6. The minimum atomic E-state index is -0.438. The maximum absolute atomic E-state index is 12.0. The second-order valence-corrected chi connectivity index (χ2v) is 6.96. The zero-order valence-electron chi connectivity index (χ0n) is 12.3. The second kappa shape index (κ2) is 6.32. The van der Waals surface area contributed by atoms with Crippen molar-refractivity contribution >= 4 is 17.4 Å². The van der Waals surface area contributed by atoms with Gasteiger partial charge < -0.3 is 9.64 Å². The monoisotopic (exact) mass is 291 g/mol. The van der Waals surface area contributed by atoms with Crippen LogP contribution in [0.15, 0.2) is 17.5 Å². The van der Waals surface area contributed by atoms with Crippen LogP contribution in [-0.4, -0.2) is 29.7 Å². The number of hydrogen-bond acceptors (Lipinski definition) is 3. The van der Waals surface area contributed by atoms with Crippen molar-refractivity contribution in [3.8, 4) is 11.8 Å². The molecule has 0 saturated carbocycles. The molecule has 1 aliphatic heterocycles. The Labute approximate surface area is 124 Å². The van der Waals surface area contributed by atoms with Gasteiger partial charge in [-0.2, -0.15) is 0 Å². The molecule has 1 saturated heterocycles. The SMILES string of the molecule is CC(C)(C)OC(=O)N1CCCC(C#Cc2cccs2)C1. The molecule has 2 heterocycles. The molecule has 1 amide bonds. The summed E-state index contributed by atoms with van der Waals surface area (Å²) >= 11 is 1.65. The summed E-state index contributed by atoms with van der Waals surface area (Å²) in [5.41, 5.74) is -0.438. The number of carbonyl (C=O) groups is 1. The number of ether oxygens (including phenoxy) is 1. The van der Waals surface area contributed by atoms with Crippen LogP contribution in [0.25, 0.3) is 0 Å². The molecule has 1 aliphatic rings. The van der Waals surface area contributed by atoms with Crippen LogP contribution in [0.1, 0.15) is 38.5 Å². The third-order valence-electron chi connectivity index (χ3n) is 2.99. The molecule has 2 rings (SSSR count). The topological polar surface area (TPSA) is 29.5 Å². The Morgan fingerprint density at radius 2 is 2.30 bits per heavy atom. The molecule has 0 spiro atoms.